The van der Waals surface area contributed by atoms with Crippen LogP contribution in [-0.2, 0) is 12.8 Å². The van der Waals surface area contributed by atoms with Crippen molar-refractivity contribution in [3.63, 3.8) is 0 Å². The highest BCUT2D eigenvalue weighted by atomic mass is 14.8. The Morgan fingerprint density at radius 1 is 0.550 bits per heavy atom. The molecule has 0 aromatic heterocycles. The molecule has 0 amide bonds. The summed E-state index contributed by atoms with van der Waals surface area (Å²) in [5.74, 6) is 0. The van der Waals surface area contributed by atoms with E-state index < -0.39 is 0 Å². The fraction of sp³-hybridized carbons (Fsp3) is 0.368. The van der Waals surface area contributed by atoms with Crippen LogP contribution in [0.5, 0.6) is 0 Å². The minimum absolute atomic E-state index is 1.13. The van der Waals surface area contributed by atoms with Crippen LogP contribution in [0.4, 0.5) is 0 Å². The quantitative estimate of drug-likeness (QED) is 0.670. The highest BCUT2D eigenvalue weighted by Crippen LogP contribution is 2.04. The molecule has 2 rings (SSSR count). The lowest BCUT2D eigenvalue weighted by Gasteiger charge is -2.05. The lowest BCUT2D eigenvalue weighted by molar-refractivity contribution is 0.604. The zero-order valence-corrected chi connectivity index (χ0v) is 12.2. The Bertz CT molecular complexity index is 404. The first-order valence-electron chi connectivity index (χ1n) is 7.74. The summed E-state index contributed by atoms with van der Waals surface area (Å²) in [7, 11) is 0. The minimum atomic E-state index is 1.13. The van der Waals surface area contributed by atoms with Gasteiger partial charge in [-0.05, 0) is 56.3 Å². The van der Waals surface area contributed by atoms with Crippen LogP contribution in [0.25, 0.3) is 0 Å². The van der Waals surface area contributed by atoms with Crippen LogP contribution in [0.3, 0.4) is 0 Å². The van der Waals surface area contributed by atoms with Crippen LogP contribution in [0.2, 0.25) is 0 Å². The van der Waals surface area contributed by atoms with Crippen LogP contribution in [0.15, 0.2) is 60.7 Å². The van der Waals surface area contributed by atoms with Crippen molar-refractivity contribution >= 4 is 0 Å². The van der Waals surface area contributed by atoms with Gasteiger partial charge >= 0.3 is 0 Å². The first-order chi connectivity index (χ1) is 9.95. The fourth-order valence-electron chi connectivity index (χ4n) is 2.41. The lowest BCUT2D eigenvalue weighted by atomic mass is 10.1. The molecule has 0 radical (unpaired) electrons. The summed E-state index contributed by atoms with van der Waals surface area (Å²) >= 11 is 0. The van der Waals surface area contributed by atoms with Gasteiger partial charge in [0.15, 0.2) is 0 Å². The summed E-state index contributed by atoms with van der Waals surface area (Å²) in [6, 6.07) is 21.5. The average Bonchev–Trinajstić information content (AvgIpc) is 2.52. The van der Waals surface area contributed by atoms with Crippen molar-refractivity contribution in [3.05, 3.63) is 71.8 Å². The molecular weight excluding hydrogens is 242 g/mol. The molecule has 0 aliphatic rings. The summed E-state index contributed by atoms with van der Waals surface area (Å²) in [6.45, 7) is 2.27. The third kappa shape index (κ3) is 6.03. The molecule has 2 aromatic rings. The van der Waals surface area contributed by atoms with Crippen LogP contribution >= 0.6 is 0 Å². The van der Waals surface area contributed by atoms with E-state index in [2.05, 4.69) is 66.0 Å². The SMILES string of the molecule is c1ccc(CCCCNCCCc2ccccc2)cc1. The van der Waals surface area contributed by atoms with Gasteiger partial charge in [0.05, 0.1) is 0 Å². The van der Waals surface area contributed by atoms with E-state index >= 15 is 0 Å². The number of aryl methyl sites for hydroxylation is 2. The Morgan fingerprint density at radius 2 is 1.05 bits per heavy atom. The van der Waals surface area contributed by atoms with Gasteiger partial charge in [0.1, 0.15) is 0 Å². The number of hydrogen-bond acceptors (Lipinski definition) is 1. The highest BCUT2D eigenvalue weighted by Gasteiger charge is 1.94. The number of unbranched alkanes of at least 4 members (excludes halogenated alkanes) is 1. The molecule has 0 saturated heterocycles. The minimum Gasteiger partial charge on any atom is -0.317 e. The standard InChI is InChI=1S/C19H25N/c1-3-10-18(11-4-1)14-7-8-16-20-17-9-15-19-12-5-2-6-13-19/h1-6,10-13,20H,7-9,14-17H2. The van der Waals surface area contributed by atoms with Crippen LogP contribution < -0.4 is 5.32 Å². The Hall–Kier alpha value is -1.60. The molecule has 1 N–H and O–H groups in total. The number of hydrogen-bond donors (Lipinski definition) is 1. The van der Waals surface area contributed by atoms with E-state index in [0.717, 1.165) is 13.1 Å². The average molecular weight is 267 g/mol. The molecule has 0 saturated carbocycles. The van der Waals surface area contributed by atoms with Gasteiger partial charge in [-0.25, -0.2) is 0 Å². The molecular formula is C19H25N. The van der Waals surface area contributed by atoms with Crippen molar-refractivity contribution in [1.29, 1.82) is 0 Å². The van der Waals surface area contributed by atoms with E-state index in [4.69, 9.17) is 0 Å². The van der Waals surface area contributed by atoms with Gasteiger partial charge in [0, 0.05) is 0 Å². The van der Waals surface area contributed by atoms with Crippen molar-refractivity contribution < 1.29 is 0 Å². The Kier molecular flexibility index (Phi) is 6.90. The summed E-state index contributed by atoms with van der Waals surface area (Å²) in [5.41, 5.74) is 2.90. The van der Waals surface area contributed by atoms with Crippen molar-refractivity contribution in [2.75, 3.05) is 13.1 Å². The van der Waals surface area contributed by atoms with Gasteiger partial charge in [-0.2, -0.15) is 0 Å². The maximum absolute atomic E-state index is 3.54. The maximum Gasteiger partial charge on any atom is -0.00457 e. The van der Waals surface area contributed by atoms with Gasteiger partial charge in [-0.1, -0.05) is 60.7 Å². The highest BCUT2D eigenvalue weighted by molar-refractivity contribution is 5.15. The van der Waals surface area contributed by atoms with E-state index in [9.17, 15) is 0 Å². The van der Waals surface area contributed by atoms with E-state index in [1.807, 2.05) is 0 Å². The van der Waals surface area contributed by atoms with Crippen LogP contribution in [0, 0.1) is 0 Å². The predicted molar refractivity (Wildman–Crippen MR) is 87.0 cm³/mol. The van der Waals surface area contributed by atoms with E-state index in [1.165, 1.54) is 43.2 Å². The first kappa shape index (κ1) is 14.8. The molecule has 106 valence electrons. The molecule has 0 spiro atoms. The van der Waals surface area contributed by atoms with Crippen molar-refractivity contribution in [2.24, 2.45) is 0 Å². The molecule has 0 unspecified atom stereocenters. The molecule has 1 heteroatoms. The van der Waals surface area contributed by atoms with Gasteiger partial charge in [0.2, 0.25) is 0 Å². The molecule has 0 heterocycles. The summed E-state index contributed by atoms with van der Waals surface area (Å²) in [4.78, 5) is 0. The van der Waals surface area contributed by atoms with E-state index in [0.29, 0.717) is 0 Å². The zero-order chi connectivity index (χ0) is 13.9. The summed E-state index contributed by atoms with van der Waals surface area (Å²) < 4.78 is 0. The van der Waals surface area contributed by atoms with Gasteiger partial charge < -0.3 is 5.32 Å². The molecule has 0 fully saturated rings. The van der Waals surface area contributed by atoms with E-state index in [1.54, 1.807) is 0 Å². The molecule has 2 aromatic carbocycles. The Balaban J connectivity index is 1.44. The van der Waals surface area contributed by atoms with Crippen molar-refractivity contribution in [3.8, 4) is 0 Å². The largest absolute Gasteiger partial charge is 0.317 e. The van der Waals surface area contributed by atoms with Crippen molar-refractivity contribution in [1.82, 2.24) is 5.32 Å². The summed E-state index contributed by atoms with van der Waals surface area (Å²) in [6.07, 6.45) is 6.14. The third-order valence-electron chi connectivity index (χ3n) is 3.57. The lowest BCUT2D eigenvalue weighted by Crippen LogP contribution is -2.17. The monoisotopic (exact) mass is 267 g/mol. The summed E-state index contributed by atoms with van der Waals surface area (Å²) in [5, 5.41) is 3.54. The van der Waals surface area contributed by atoms with Gasteiger partial charge in [0.25, 0.3) is 0 Å². The second-order valence-corrected chi connectivity index (χ2v) is 5.28. The molecule has 0 atom stereocenters. The predicted octanol–water partition coefficient (Wildman–Crippen LogP) is 4.23. The molecule has 0 aliphatic heterocycles. The van der Waals surface area contributed by atoms with Crippen LogP contribution in [-0.4, -0.2) is 13.1 Å². The Labute approximate surface area is 123 Å². The second kappa shape index (κ2) is 9.33. The normalized spacial score (nSPS) is 10.6. The van der Waals surface area contributed by atoms with Gasteiger partial charge in [-0.15, -0.1) is 0 Å². The maximum atomic E-state index is 3.54. The zero-order valence-electron chi connectivity index (χ0n) is 12.2. The number of nitrogens with one attached hydrogen (secondary N) is 1. The van der Waals surface area contributed by atoms with E-state index in [-0.39, 0.29) is 0 Å². The molecule has 1 nitrogen and oxygen atoms in total. The number of rotatable bonds is 9. The third-order valence-corrected chi connectivity index (χ3v) is 3.57. The van der Waals surface area contributed by atoms with Crippen LogP contribution in [0.1, 0.15) is 30.4 Å². The van der Waals surface area contributed by atoms with Crippen molar-refractivity contribution in [2.45, 2.75) is 32.1 Å². The molecule has 0 aliphatic carbocycles. The topological polar surface area (TPSA) is 12.0 Å². The fourth-order valence-corrected chi connectivity index (χ4v) is 2.41. The second-order valence-electron chi connectivity index (χ2n) is 5.28. The van der Waals surface area contributed by atoms with Gasteiger partial charge in [-0.3, -0.25) is 0 Å². The Morgan fingerprint density at radius 3 is 1.65 bits per heavy atom. The number of benzene rings is 2. The molecule has 0 bridgehead atoms. The first-order valence-corrected chi connectivity index (χ1v) is 7.74. The smallest absolute Gasteiger partial charge is 0.00457 e. The molecule has 20 heavy (non-hydrogen) atoms.